The van der Waals surface area contributed by atoms with Crippen LogP contribution in [-0.4, -0.2) is 23.1 Å². The standard InChI is InChI=1S/C16H24N4O2.C2H6N2.C2H6/c1-12-19-20-16(22-12)8-6-4-3-5-7-13-11-14(18-17)9-10-15(13)21-2;1-2(3)4;1-2/h9-11,18H,3-8,17H2,1-2H3;1H3,(H3,3,4);1-2H3. The van der Waals surface area contributed by atoms with Crippen LogP contribution in [0.1, 0.15) is 63.8 Å². The van der Waals surface area contributed by atoms with Crippen LogP contribution in [0, 0.1) is 12.3 Å². The number of nitrogens with zero attached hydrogens (tertiary/aromatic N) is 2. The van der Waals surface area contributed by atoms with Crippen molar-refractivity contribution in [3.8, 4) is 5.75 Å². The fourth-order valence-electron chi connectivity index (χ4n) is 2.45. The van der Waals surface area contributed by atoms with Gasteiger partial charge in [-0.25, -0.2) is 0 Å². The van der Waals surface area contributed by atoms with Crippen LogP contribution in [0.25, 0.3) is 0 Å². The summed E-state index contributed by atoms with van der Waals surface area (Å²) in [7, 11) is 1.70. The van der Waals surface area contributed by atoms with Crippen molar-refractivity contribution in [2.24, 2.45) is 11.6 Å². The van der Waals surface area contributed by atoms with Crippen molar-refractivity contribution in [1.82, 2.24) is 10.2 Å². The Morgan fingerprint density at radius 1 is 1.14 bits per heavy atom. The minimum atomic E-state index is 0.167. The second-order valence-electron chi connectivity index (χ2n) is 5.98. The van der Waals surface area contributed by atoms with E-state index in [1.807, 2.05) is 39.0 Å². The van der Waals surface area contributed by atoms with Crippen LogP contribution in [0.3, 0.4) is 0 Å². The fourth-order valence-corrected chi connectivity index (χ4v) is 2.45. The van der Waals surface area contributed by atoms with E-state index >= 15 is 0 Å². The summed E-state index contributed by atoms with van der Waals surface area (Å²) in [6.45, 7) is 7.34. The Labute approximate surface area is 168 Å². The average molecular weight is 393 g/mol. The highest BCUT2D eigenvalue weighted by molar-refractivity contribution is 5.73. The molecule has 0 atom stereocenters. The number of aryl methyl sites for hydroxylation is 3. The van der Waals surface area contributed by atoms with Crippen molar-refractivity contribution in [2.45, 2.75) is 66.2 Å². The molecule has 0 saturated carbocycles. The van der Waals surface area contributed by atoms with Crippen LogP contribution in [0.5, 0.6) is 5.75 Å². The van der Waals surface area contributed by atoms with Gasteiger partial charge in [0.2, 0.25) is 11.8 Å². The quantitative estimate of drug-likeness (QED) is 0.166. The number of hydrazine groups is 1. The summed E-state index contributed by atoms with van der Waals surface area (Å²) in [5.74, 6) is 7.91. The van der Waals surface area contributed by atoms with Gasteiger partial charge in [-0.1, -0.05) is 26.7 Å². The predicted molar refractivity (Wildman–Crippen MR) is 115 cm³/mol. The highest BCUT2D eigenvalue weighted by atomic mass is 16.5. The lowest BCUT2D eigenvalue weighted by atomic mass is 10.0. The zero-order chi connectivity index (χ0) is 21.4. The molecule has 0 unspecified atom stereocenters. The van der Waals surface area contributed by atoms with Gasteiger partial charge < -0.3 is 20.3 Å². The lowest BCUT2D eigenvalue weighted by Gasteiger charge is -2.10. The van der Waals surface area contributed by atoms with Gasteiger partial charge in [0.15, 0.2) is 0 Å². The predicted octanol–water partition coefficient (Wildman–Crippen LogP) is 3.99. The van der Waals surface area contributed by atoms with Crippen LogP contribution >= 0.6 is 0 Å². The number of hydrogen-bond donors (Lipinski definition) is 4. The van der Waals surface area contributed by atoms with E-state index in [1.165, 1.54) is 12.5 Å². The summed E-state index contributed by atoms with van der Waals surface area (Å²) in [6.07, 6.45) is 6.35. The van der Waals surface area contributed by atoms with Crippen LogP contribution in [0.4, 0.5) is 5.69 Å². The molecule has 1 aromatic carbocycles. The van der Waals surface area contributed by atoms with Gasteiger partial charge in [0.1, 0.15) is 5.75 Å². The number of anilines is 1. The first kappa shape index (κ1) is 25.4. The Bertz CT molecular complexity index is 668. The second kappa shape index (κ2) is 15.4. The van der Waals surface area contributed by atoms with E-state index in [-0.39, 0.29) is 5.84 Å². The van der Waals surface area contributed by atoms with Gasteiger partial charge in [-0.2, -0.15) is 0 Å². The van der Waals surface area contributed by atoms with E-state index in [0.29, 0.717) is 5.89 Å². The topological polar surface area (TPSA) is 136 Å². The highest BCUT2D eigenvalue weighted by Gasteiger charge is 2.05. The third-order valence-corrected chi connectivity index (χ3v) is 3.60. The van der Waals surface area contributed by atoms with Gasteiger partial charge in [0, 0.05) is 19.0 Å². The summed E-state index contributed by atoms with van der Waals surface area (Å²) >= 11 is 0. The number of methoxy groups -OCH3 is 1. The molecule has 0 amide bonds. The van der Waals surface area contributed by atoms with Crippen molar-refractivity contribution in [3.63, 3.8) is 0 Å². The molecular weight excluding hydrogens is 356 g/mol. The molecule has 2 aromatic rings. The molecule has 0 aliphatic heterocycles. The Hall–Kier alpha value is -2.61. The van der Waals surface area contributed by atoms with Gasteiger partial charge in [-0.3, -0.25) is 11.3 Å². The van der Waals surface area contributed by atoms with Crippen molar-refractivity contribution in [1.29, 1.82) is 5.41 Å². The Balaban J connectivity index is 0.00000108. The minimum absolute atomic E-state index is 0.167. The Morgan fingerprint density at radius 2 is 1.75 bits per heavy atom. The maximum absolute atomic E-state index is 6.28. The first-order chi connectivity index (χ1) is 13.5. The molecule has 8 heteroatoms. The maximum atomic E-state index is 6.28. The molecule has 0 aliphatic carbocycles. The molecule has 28 heavy (non-hydrogen) atoms. The van der Waals surface area contributed by atoms with E-state index < -0.39 is 0 Å². The minimum Gasteiger partial charge on any atom is -0.496 e. The molecule has 1 aromatic heterocycles. The van der Waals surface area contributed by atoms with Gasteiger partial charge in [-0.05, 0) is 49.9 Å². The average Bonchev–Trinajstić information content (AvgIpc) is 3.10. The van der Waals surface area contributed by atoms with E-state index in [9.17, 15) is 0 Å². The van der Waals surface area contributed by atoms with Gasteiger partial charge in [-0.15, -0.1) is 10.2 Å². The number of aromatic nitrogens is 2. The number of ether oxygens (including phenoxy) is 1. The molecule has 0 saturated heterocycles. The number of nitrogens with two attached hydrogens (primary N) is 2. The van der Waals surface area contributed by atoms with Gasteiger partial charge >= 0.3 is 0 Å². The summed E-state index contributed by atoms with van der Waals surface area (Å²) in [6, 6.07) is 5.90. The van der Waals surface area contributed by atoms with Gasteiger partial charge in [0.25, 0.3) is 0 Å². The maximum Gasteiger partial charge on any atom is 0.216 e. The number of nitrogens with one attached hydrogen (secondary N) is 2. The molecular formula is C20H36N6O2. The molecule has 158 valence electrons. The van der Waals surface area contributed by atoms with Crippen LogP contribution < -0.4 is 21.7 Å². The first-order valence-corrected chi connectivity index (χ1v) is 9.69. The number of unbranched alkanes of at least 4 members (excludes halogenated alkanes) is 3. The third kappa shape index (κ3) is 11.2. The van der Waals surface area contributed by atoms with Crippen molar-refractivity contribution < 1.29 is 9.15 Å². The molecule has 0 fully saturated rings. The molecule has 2 rings (SSSR count). The van der Waals surface area contributed by atoms with Crippen LogP contribution in [0.15, 0.2) is 22.6 Å². The Morgan fingerprint density at radius 3 is 2.25 bits per heavy atom. The van der Waals surface area contributed by atoms with Crippen molar-refractivity contribution in [2.75, 3.05) is 12.5 Å². The van der Waals surface area contributed by atoms with Gasteiger partial charge in [0.05, 0.1) is 12.9 Å². The zero-order valence-corrected chi connectivity index (χ0v) is 17.8. The summed E-state index contributed by atoms with van der Waals surface area (Å²) in [5, 5.41) is 14.1. The molecule has 1 heterocycles. The van der Waals surface area contributed by atoms with E-state index in [2.05, 4.69) is 15.6 Å². The number of nitrogen functional groups attached to an aromatic ring is 1. The largest absolute Gasteiger partial charge is 0.496 e. The van der Waals surface area contributed by atoms with E-state index in [1.54, 1.807) is 7.11 Å². The molecule has 0 aliphatic rings. The zero-order valence-electron chi connectivity index (χ0n) is 17.8. The van der Waals surface area contributed by atoms with Crippen molar-refractivity contribution >= 4 is 11.5 Å². The van der Waals surface area contributed by atoms with Crippen molar-refractivity contribution in [3.05, 3.63) is 35.5 Å². The van der Waals surface area contributed by atoms with E-state index in [4.69, 9.17) is 26.1 Å². The number of hydrogen-bond acceptors (Lipinski definition) is 7. The SMILES string of the molecule is CC.CC(=N)N.COc1ccc(NN)cc1CCCCCCc1nnc(C)o1. The Kier molecular flexibility index (Phi) is 14.0. The smallest absolute Gasteiger partial charge is 0.216 e. The lowest BCUT2D eigenvalue weighted by Crippen LogP contribution is -2.07. The van der Waals surface area contributed by atoms with Crippen LogP contribution in [0.2, 0.25) is 0 Å². The fraction of sp³-hybridized carbons (Fsp3) is 0.550. The molecule has 6 N–H and O–H groups in total. The number of amidine groups is 1. The third-order valence-electron chi connectivity index (χ3n) is 3.60. The summed E-state index contributed by atoms with van der Waals surface area (Å²) in [5.41, 5.74) is 9.46. The van der Waals surface area contributed by atoms with Crippen LogP contribution in [-0.2, 0) is 12.8 Å². The lowest BCUT2D eigenvalue weighted by molar-refractivity contribution is 0.408. The number of benzene rings is 1. The summed E-state index contributed by atoms with van der Waals surface area (Å²) < 4.78 is 10.7. The monoisotopic (exact) mass is 392 g/mol. The second-order valence-corrected chi connectivity index (χ2v) is 5.98. The molecule has 0 spiro atoms. The summed E-state index contributed by atoms with van der Waals surface area (Å²) in [4.78, 5) is 0. The van der Waals surface area contributed by atoms with E-state index in [0.717, 1.165) is 55.9 Å². The highest BCUT2D eigenvalue weighted by Crippen LogP contribution is 2.24. The first-order valence-electron chi connectivity index (χ1n) is 9.69. The molecule has 0 bridgehead atoms. The molecule has 8 nitrogen and oxygen atoms in total. The number of rotatable bonds is 9. The molecule has 0 radical (unpaired) electrons. The normalized spacial score (nSPS) is 9.50.